The average Bonchev–Trinajstić information content (AvgIpc) is 3.24. The number of fused-ring (bicyclic) bond motifs is 1. The molecular formula is C20H18F2N6O. The lowest BCUT2D eigenvalue weighted by atomic mass is 10.1. The molecule has 3 aromatic heterocycles. The number of aryl methyl sites for hydroxylation is 1. The van der Waals surface area contributed by atoms with Gasteiger partial charge in [0.1, 0.15) is 23.7 Å². The van der Waals surface area contributed by atoms with Gasteiger partial charge in [-0.05, 0) is 19.0 Å². The molecule has 4 heterocycles. The first-order valence-electron chi connectivity index (χ1n) is 9.27. The Morgan fingerprint density at radius 3 is 2.69 bits per heavy atom. The van der Waals surface area contributed by atoms with Gasteiger partial charge in [0.2, 0.25) is 0 Å². The molecule has 0 bridgehead atoms. The van der Waals surface area contributed by atoms with Gasteiger partial charge in [-0.15, -0.1) is 0 Å². The van der Waals surface area contributed by atoms with E-state index in [2.05, 4.69) is 20.5 Å². The van der Waals surface area contributed by atoms with E-state index in [1.807, 2.05) is 0 Å². The molecule has 4 aromatic rings. The van der Waals surface area contributed by atoms with Gasteiger partial charge < -0.3 is 10.1 Å². The molecule has 5 rings (SSSR count). The maximum absolute atomic E-state index is 14.9. The van der Waals surface area contributed by atoms with Gasteiger partial charge in [0, 0.05) is 48.6 Å². The SMILES string of the molecule is Cn1cc(-c2nn(-c3c(F)cc(OCC4CCN4)cc3F)c3cnccc23)cn1. The Balaban J connectivity index is 1.58. The third-order valence-corrected chi connectivity index (χ3v) is 5.04. The predicted octanol–water partition coefficient (Wildman–Crippen LogP) is 2.84. The highest BCUT2D eigenvalue weighted by Crippen LogP contribution is 2.32. The first-order valence-corrected chi connectivity index (χ1v) is 9.27. The summed E-state index contributed by atoms with van der Waals surface area (Å²) < 4.78 is 38.3. The number of ether oxygens (including phenoxy) is 1. The zero-order valence-electron chi connectivity index (χ0n) is 15.6. The molecule has 1 unspecified atom stereocenters. The number of hydrogen-bond donors (Lipinski definition) is 1. The fourth-order valence-corrected chi connectivity index (χ4v) is 3.41. The molecule has 0 spiro atoms. The first-order chi connectivity index (χ1) is 14.1. The quantitative estimate of drug-likeness (QED) is 0.562. The fraction of sp³-hybridized carbons (Fsp3) is 0.250. The van der Waals surface area contributed by atoms with Crippen molar-refractivity contribution >= 4 is 10.9 Å². The molecule has 1 aromatic carbocycles. The van der Waals surface area contributed by atoms with Crippen LogP contribution in [0.2, 0.25) is 0 Å². The molecule has 1 aliphatic heterocycles. The van der Waals surface area contributed by atoms with Crippen LogP contribution in [0.15, 0.2) is 43.0 Å². The maximum atomic E-state index is 14.9. The van der Waals surface area contributed by atoms with Crippen LogP contribution in [0.3, 0.4) is 0 Å². The topological polar surface area (TPSA) is 69.8 Å². The van der Waals surface area contributed by atoms with E-state index in [-0.39, 0.29) is 17.5 Å². The Morgan fingerprint density at radius 1 is 1.24 bits per heavy atom. The summed E-state index contributed by atoms with van der Waals surface area (Å²) in [4.78, 5) is 4.09. The molecular weight excluding hydrogens is 378 g/mol. The molecule has 1 aliphatic rings. The average molecular weight is 396 g/mol. The monoisotopic (exact) mass is 396 g/mol. The number of halogens is 2. The minimum Gasteiger partial charge on any atom is -0.492 e. The summed E-state index contributed by atoms with van der Waals surface area (Å²) >= 11 is 0. The van der Waals surface area contributed by atoms with Crippen molar-refractivity contribution < 1.29 is 13.5 Å². The summed E-state index contributed by atoms with van der Waals surface area (Å²) in [5, 5.41) is 12.5. The minimum absolute atomic E-state index is 0.152. The zero-order chi connectivity index (χ0) is 20.0. The minimum atomic E-state index is -0.757. The van der Waals surface area contributed by atoms with E-state index in [9.17, 15) is 8.78 Å². The van der Waals surface area contributed by atoms with Crippen molar-refractivity contribution in [1.82, 2.24) is 29.9 Å². The van der Waals surface area contributed by atoms with Crippen LogP contribution in [0.5, 0.6) is 5.75 Å². The highest BCUT2D eigenvalue weighted by Gasteiger charge is 2.22. The molecule has 0 amide bonds. The van der Waals surface area contributed by atoms with E-state index < -0.39 is 11.6 Å². The van der Waals surface area contributed by atoms with E-state index in [1.165, 1.54) is 23.0 Å². The van der Waals surface area contributed by atoms with Gasteiger partial charge in [0.15, 0.2) is 11.6 Å². The zero-order valence-corrected chi connectivity index (χ0v) is 15.6. The normalized spacial score (nSPS) is 16.2. The van der Waals surface area contributed by atoms with Gasteiger partial charge in [0.25, 0.3) is 0 Å². The van der Waals surface area contributed by atoms with E-state index in [1.54, 1.807) is 36.4 Å². The molecule has 1 saturated heterocycles. The van der Waals surface area contributed by atoms with Crippen LogP contribution in [0, 0.1) is 11.6 Å². The van der Waals surface area contributed by atoms with Crippen molar-refractivity contribution in [2.45, 2.75) is 12.5 Å². The van der Waals surface area contributed by atoms with Crippen LogP contribution < -0.4 is 10.1 Å². The molecule has 0 saturated carbocycles. The Hall–Kier alpha value is -3.33. The second-order valence-corrected chi connectivity index (χ2v) is 7.04. The second kappa shape index (κ2) is 6.93. The summed E-state index contributed by atoms with van der Waals surface area (Å²) in [6.07, 6.45) is 7.60. The first kappa shape index (κ1) is 17.7. The summed E-state index contributed by atoms with van der Waals surface area (Å²) in [5.74, 6) is -1.36. The Labute approximate surface area is 164 Å². The molecule has 9 heteroatoms. The van der Waals surface area contributed by atoms with Crippen molar-refractivity contribution in [3.05, 3.63) is 54.6 Å². The number of pyridine rings is 1. The molecule has 148 valence electrons. The van der Waals surface area contributed by atoms with Gasteiger partial charge in [-0.1, -0.05) is 0 Å². The van der Waals surface area contributed by atoms with Crippen molar-refractivity contribution in [3.8, 4) is 22.7 Å². The number of aromatic nitrogens is 5. The van der Waals surface area contributed by atoms with E-state index in [0.717, 1.165) is 23.9 Å². The molecule has 1 atom stereocenters. The number of nitrogens with zero attached hydrogens (tertiary/aromatic N) is 5. The Bertz CT molecular complexity index is 1170. The Morgan fingerprint density at radius 2 is 2.03 bits per heavy atom. The molecule has 1 fully saturated rings. The maximum Gasteiger partial charge on any atom is 0.155 e. The predicted molar refractivity (Wildman–Crippen MR) is 103 cm³/mol. The summed E-state index contributed by atoms with van der Waals surface area (Å²) in [6.45, 7) is 1.31. The van der Waals surface area contributed by atoms with Gasteiger partial charge in [-0.3, -0.25) is 9.67 Å². The van der Waals surface area contributed by atoms with Crippen LogP contribution in [-0.2, 0) is 7.05 Å². The number of hydrogen-bond acceptors (Lipinski definition) is 5. The van der Waals surface area contributed by atoms with Gasteiger partial charge in [0.05, 0.1) is 17.9 Å². The number of rotatable bonds is 5. The van der Waals surface area contributed by atoms with Crippen molar-refractivity contribution in [1.29, 1.82) is 0 Å². The van der Waals surface area contributed by atoms with Gasteiger partial charge in [-0.2, -0.15) is 10.2 Å². The molecule has 1 N–H and O–H groups in total. The van der Waals surface area contributed by atoms with Crippen molar-refractivity contribution in [3.63, 3.8) is 0 Å². The van der Waals surface area contributed by atoms with E-state index >= 15 is 0 Å². The third-order valence-electron chi connectivity index (χ3n) is 5.04. The number of nitrogens with one attached hydrogen (secondary N) is 1. The van der Waals surface area contributed by atoms with Crippen LogP contribution in [0.1, 0.15) is 6.42 Å². The lowest BCUT2D eigenvalue weighted by molar-refractivity contribution is 0.216. The molecule has 0 aliphatic carbocycles. The summed E-state index contributed by atoms with van der Waals surface area (Å²) in [6, 6.07) is 4.36. The molecule has 29 heavy (non-hydrogen) atoms. The van der Waals surface area contributed by atoms with E-state index in [4.69, 9.17) is 4.74 Å². The standard InChI is InChI=1S/C20H18F2N6O/c1-27-10-12(8-25-27)19-15-3-4-23-9-18(15)28(26-19)20-16(21)6-14(7-17(20)22)29-11-13-2-5-24-13/h3-4,6-10,13,24H,2,5,11H2,1H3. The number of benzene rings is 1. The third kappa shape index (κ3) is 3.13. The lowest BCUT2D eigenvalue weighted by Crippen LogP contribution is -2.46. The Kier molecular flexibility index (Phi) is 4.24. The van der Waals surface area contributed by atoms with Gasteiger partial charge in [-0.25, -0.2) is 13.5 Å². The van der Waals surface area contributed by atoms with Crippen LogP contribution in [-0.4, -0.2) is 43.7 Å². The summed E-state index contributed by atoms with van der Waals surface area (Å²) in [5.41, 5.74) is 1.55. The highest BCUT2D eigenvalue weighted by atomic mass is 19.1. The fourth-order valence-electron chi connectivity index (χ4n) is 3.41. The largest absolute Gasteiger partial charge is 0.492 e. The van der Waals surface area contributed by atoms with E-state index in [0.29, 0.717) is 17.8 Å². The van der Waals surface area contributed by atoms with Gasteiger partial charge >= 0.3 is 0 Å². The van der Waals surface area contributed by atoms with Crippen LogP contribution >= 0.6 is 0 Å². The highest BCUT2D eigenvalue weighted by molar-refractivity contribution is 5.93. The van der Waals surface area contributed by atoms with Crippen molar-refractivity contribution in [2.75, 3.05) is 13.2 Å². The van der Waals surface area contributed by atoms with Crippen LogP contribution in [0.4, 0.5) is 8.78 Å². The van der Waals surface area contributed by atoms with Crippen molar-refractivity contribution in [2.24, 2.45) is 7.05 Å². The smallest absolute Gasteiger partial charge is 0.155 e. The second-order valence-electron chi connectivity index (χ2n) is 7.04. The van der Waals surface area contributed by atoms with Crippen LogP contribution in [0.25, 0.3) is 27.8 Å². The molecule has 0 radical (unpaired) electrons. The molecule has 7 nitrogen and oxygen atoms in total. The lowest BCUT2D eigenvalue weighted by Gasteiger charge is -2.27. The summed E-state index contributed by atoms with van der Waals surface area (Å²) in [7, 11) is 1.79.